The van der Waals surface area contributed by atoms with Crippen molar-refractivity contribution in [3.63, 3.8) is 0 Å². The van der Waals surface area contributed by atoms with E-state index in [0.29, 0.717) is 18.3 Å². The lowest BCUT2D eigenvalue weighted by Gasteiger charge is -2.28. The van der Waals surface area contributed by atoms with E-state index in [0.717, 1.165) is 31.2 Å². The highest BCUT2D eigenvalue weighted by molar-refractivity contribution is 5.82. The Morgan fingerprint density at radius 3 is 2.65 bits per heavy atom. The second kappa shape index (κ2) is 5.61. The lowest BCUT2D eigenvalue weighted by atomic mass is 9.77. The Labute approximate surface area is 118 Å². The van der Waals surface area contributed by atoms with Crippen molar-refractivity contribution in [3.8, 4) is 0 Å². The molecule has 0 saturated heterocycles. The van der Waals surface area contributed by atoms with E-state index in [4.69, 9.17) is 5.11 Å². The predicted octanol–water partition coefficient (Wildman–Crippen LogP) is 3.98. The molecule has 3 heteroatoms. The molecule has 1 saturated carbocycles. The Morgan fingerprint density at radius 1 is 1.15 bits per heavy atom. The van der Waals surface area contributed by atoms with E-state index in [-0.39, 0.29) is 0 Å². The van der Waals surface area contributed by atoms with Crippen LogP contribution in [0.5, 0.6) is 0 Å². The summed E-state index contributed by atoms with van der Waals surface area (Å²) in [5, 5.41) is 10.1. The van der Waals surface area contributed by atoms with Gasteiger partial charge in [-0.15, -0.1) is 0 Å². The monoisotopic (exact) mass is 269 g/mol. The highest BCUT2D eigenvalue weighted by atomic mass is 16.4. The molecule has 1 N–H and O–H groups in total. The fraction of sp³-hybridized carbons (Fsp3) is 0.412. The van der Waals surface area contributed by atoms with Crippen LogP contribution in [0.4, 0.5) is 0 Å². The molecular weight excluding hydrogens is 250 g/mol. The lowest BCUT2D eigenvalue weighted by Crippen LogP contribution is -2.16. The summed E-state index contributed by atoms with van der Waals surface area (Å²) in [4.78, 5) is 15.2. The van der Waals surface area contributed by atoms with E-state index in [9.17, 15) is 4.79 Å². The van der Waals surface area contributed by atoms with Crippen LogP contribution in [0.1, 0.15) is 43.6 Å². The minimum absolute atomic E-state index is 0.323. The maximum atomic E-state index is 10.8. The zero-order valence-electron chi connectivity index (χ0n) is 11.5. The summed E-state index contributed by atoms with van der Waals surface area (Å²) < 4.78 is 0. The van der Waals surface area contributed by atoms with Crippen LogP contribution in [0.2, 0.25) is 0 Å². The van der Waals surface area contributed by atoms with Gasteiger partial charge in [0.05, 0.1) is 5.52 Å². The molecule has 0 aliphatic heterocycles. The van der Waals surface area contributed by atoms with Gasteiger partial charge < -0.3 is 5.11 Å². The second-order valence-electron chi connectivity index (χ2n) is 5.73. The molecule has 0 atom stereocenters. The zero-order valence-corrected chi connectivity index (χ0v) is 11.5. The van der Waals surface area contributed by atoms with E-state index >= 15 is 0 Å². The summed E-state index contributed by atoms with van der Waals surface area (Å²) in [5.41, 5.74) is 2.43. The third-order valence-corrected chi connectivity index (χ3v) is 4.43. The second-order valence-corrected chi connectivity index (χ2v) is 5.73. The Balaban J connectivity index is 1.78. The predicted molar refractivity (Wildman–Crippen MR) is 78.7 cm³/mol. The number of rotatable bonds is 3. The third kappa shape index (κ3) is 2.67. The molecular formula is C17H19NO2. The van der Waals surface area contributed by atoms with E-state index in [1.165, 1.54) is 10.9 Å². The van der Waals surface area contributed by atoms with Crippen LogP contribution in [0.25, 0.3) is 10.9 Å². The largest absolute Gasteiger partial charge is 0.481 e. The van der Waals surface area contributed by atoms with Crippen molar-refractivity contribution in [2.45, 2.75) is 38.0 Å². The van der Waals surface area contributed by atoms with Crippen molar-refractivity contribution in [1.82, 2.24) is 4.98 Å². The first-order valence-corrected chi connectivity index (χ1v) is 7.29. The molecule has 1 aliphatic rings. The minimum Gasteiger partial charge on any atom is -0.481 e. The van der Waals surface area contributed by atoms with Crippen molar-refractivity contribution in [2.24, 2.45) is 5.92 Å². The molecule has 1 aromatic heterocycles. The van der Waals surface area contributed by atoms with Crippen LogP contribution in [-0.2, 0) is 4.79 Å². The topological polar surface area (TPSA) is 50.2 Å². The normalized spacial score (nSPS) is 22.8. The van der Waals surface area contributed by atoms with E-state index < -0.39 is 5.97 Å². The summed E-state index contributed by atoms with van der Waals surface area (Å²) in [7, 11) is 0. The molecule has 3 nitrogen and oxygen atoms in total. The van der Waals surface area contributed by atoms with Crippen molar-refractivity contribution >= 4 is 16.9 Å². The smallest absolute Gasteiger partial charge is 0.303 e. The molecule has 0 amide bonds. The number of hydrogen-bond acceptors (Lipinski definition) is 2. The average Bonchev–Trinajstić information content (AvgIpc) is 2.47. The van der Waals surface area contributed by atoms with E-state index in [1.54, 1.807) is 0 Å². The summed E-state index contributed by atoms with van der Waals surface area (Å²) >= 11 is 0. The molecule has 1 aliphatic carbocycles. The number of para-hydroxylation sites is 1. The Morgan fingerprint density at radius 2 is 1.90 bits per heavy atom. The van der Waals surface area contributed by atoms with Crippen LogP contribution in [0, 0.1) is 5.92 Å². The zero-order chi connectivity index (χ0) is 13.9. The average molecular weight is 269 g/mol. The number of fused-ring (bicyclic) bond motifs is 1. The number of aliphatic carboxylic acids is 1. The number of nitrogens with zero attached hydrogens (tertiary/aromatic N) is 1. The van der Waals surface area contributed by atoms with Gasteiger partial charge in [0.2, 0.25) is 0 Å². The van der Waals surface area contributed by atoms with Crippen molar-refractivity contribution in [3.05, 3.63) is 42.1 Å². The Bertz CT molecular complexity index is 610. The van der Waals surface area contributed by atoms with Crippen LogP contribution in [-0.4, -0.2) is 16.1 Å². The number of carbonyl (C=O) groups is 1. The van der Waals surface area contributed by atoms with E-state index in [1.807, 2.05) is 12.3 Å². The summed E-state index contributed by atoms with van der Waals surface area (Å²) in [6.45, 7) is 0. The fourth-order valence-corrected chi connectivity index (χ4v) is 3.40. The standard InChI is InChI=1S/C17H19NO2/c19-17(20)11-12-5-7-13(8-6-12)14-9-10-18-16-4-2-1-3-15(14)16/h1-4,9-10,12-13H,5-8,11H2,(H,19,20)/t12-,13+. The molecule has 20 heavy (non-hydrogen) atoms. The van der Waals surface area contributed by atoms with Crippen molar-refractivity contribution in [2.75, 3.05) is 0 Å². The van der Waals surface area contributed by atoms with E-state index in [2.05, 4.69) is 29.2 Å². The summed E-state index contributed by atoms with van der Waals surface area (Å²) in [6.07, 6.45) is 6.43. The Kier molecular flexibility index (Phi) is 3.68. The van der Waals surface area contributed by atoms with Crippen LogP contribution in [0.15, 0.2) is 36.5 Å². The molecule has 0 spiro atoms. The van der Waals surface area contributed by atoms with Gasteiger partial charge in [-0.1, -0.05) is 18.2 Å². The Hall–Kier alpha value is -1.90. The molecule has 0 unspecified atom stereocenters. The van der Waals surface area contributed by atoms with Crippen LogP contribution in [0.3, 0.4) is 0 Å². The maximum Gasteiger partial charge on any atom is 0.303 e. The van der Waals surface area contributed by atoms with Crippen molar-refractivity contribution in [1.29, 1.82) is 0 Å². The van der Waals surface area contributed by atoms with Crippen LogP contribution < -0.4 is 0 Å². The summed E-state index contributed by atoms with van der Waals surface area (Å²) in [6, 6.07) is 10.4. The van der Waals surface area contributed by atoms with Crippen molar-refractivity contribution < 1.29 is 9.90 Å². The third-order valence-electron chi connectivity index (χ3n) is 4.43. The number of carboxylic acids is 1. The number of aromatic nitrogens is 1. The molecule has 1 fully saturated rings. The molecule has 0 bridgehead atoms. The first-order chi connectivity index (χ1) is 9.74. The fourth-order valence-electron chi connectivity index (χ4n) is 3.40. The number of benzene rings is 1. The molecule has 104 valence electrons. The molecule has 3 rings (SSSR count). The minimum atomic E-state index is -0.664. The quantitative estimate of drug-likeness (QED) is 0.916. The molecule has 0 radical (unpaired) electrons. The van der Waals surface area contributed by atoms with Crippen LogP contribution >= 0.6 is 0 Å². The number of pyridine rings is 1. The van der Waals surface area contributed by atoms with Gasteiger partial charge in [0.1, 0.15) is 0 Å². The van der Waals surface area contributed by atoms with Gasteiger partial charge in [0, 0.05) is 18.0 Å². The highest BCUT2D eigenvalue weighted by Crippen LogP contribution is 2.39. The number of hydrogen-bond donors (Lipinski definition) is 1. The number of carboxylic acid groups (broad SMARTS) is 1. The van der Waals surface area contributed by atoms with Gasteiger partial charge in [-0.3, -0.25) is 9.78 Å². The van der Waals surface area contributed by atoms with Gasteiger partial charge in [-0.05, 0) is 55.2 Å². The van der Waals surface area contributed by atoms with Gasteiger partial charge in [0.25, 0.3) is 0 Å². The first kappa shape index (κ1) is 13.1. The SMILES string of the molecule is O=C(O)C[C@H]1CC[C@@H](c2ccnc3ccccc32)CC1. The van der Waals surface area contributed by atoms with Gasteiger partial charge in [-0.2, -0.15) is 0 Å². The molecule has 2 aromatic rings. The highest BCUT2D eigenvalue weighted by Gasteiger charge is 2.24. The van der Waals surface area contributed by atoms with Gasteiger partial charge >= 0.3 is 5.97 Å². The summed E-state index contributed by atoms with van der Waals surface area (Å²) in [5.74, 6) is 0.243. The maximum absolute atomic E-state index is 10.8. The lowest BCUT2D eigenvalue weighted by molar-refractivity contribution is -0.138. The van der Waals surface area contributed by atoms with Gasteiger partial charge in [-0.25, -0.2) is 0 Å². The molecule has 1 aromatic carbocycles. The molecule has 1 heterocycles. The van der Waals surface area contributed by atoms with Gasteiger partial charge in [0.15, 0.2) is 0 Å². The first-order valence-electron chi connectivity index (χ1n) is 7.29.